The number of nitrogens with zero attached hydrogens (tertiary/aromatic N) is 7. The van der Waals surface area contributed by atoms with Gasteiger partial charge in [0.2, 0.25) is 11.8 Å². The minimum Gasteiger partial charge on any atom is -0.338 e. The number of rotatable bonds is 4. The number of hydrogen-bond donors (Lipinski definition) is 3. The van der Waals surface area contributed by atoms with Crippen LogP contribution in [0, 0.1) is 6.92 Å². The highest BCUT2D eigenvalue weighted by Crippen LogP contribution is 2.31. The van der Waals surface area contributed by atoms with E-state index in [4.69, 9.17) is 0 Å². The van der Waals surface area contributed by atoms with Gasteiger partial charge in [0.25, 0.3) is 0 Å². The summed E-state index contributed by atoms with van der Waals surface area (Å²) in [4.78, 5) is 25.7. The molecule has 0 fully saturated rings. The summed E-state index contributed by atoms with van der Waals surface area (Å²) >= 11 is 0. The molecule has 0 bridgehead atoms. The van der Waals surface area contributed by atoms with Crippen LogP contribution >= 0.6 is 0 Å². The van der Waals surface area contributed by atoms with Gasteiger partial charge in [-0.3, -0.25) is 5.32 Å². The molecule has 0 saturated carbocycles. The fourth-order valence-corrected chi connectivity index (χ4v) is 2.91. The van der Waals surface area contributed by atoms with E-state index in [0.717, 1.165) is 11.1 Å². The van der Waals surface area contributed by atoms with Crippen molar-refractivity contribution in [2.24, 2.45) is 7.05 Å². The molecule has 1 aromatic carbocycles. The van der Waals surface area contributed by atoms with Crippen LogP contribution in [0.2, 0.25) is 0 Å². The first-order valence-corrected chi connectivity index (χ1v) is 8.67. The van der Waals surface area contributed by atoms with Gasteiger partial charge in [-0.25, -0.2) is 14.8 Å². The first-order chi connectivity index (χ1) is 13.6. The molecular formula is C17H18N10O. The number of aromatic amines is 1. The number of imidazole rings is 1. The Bertz CT molecular complexity index is 1150. The number of nitrogens with one attached hydrogen (secondary N) is 3. The summed E-state index contributed by atoms with van der Waals surface area (Å²) in [5, 5.41) is 19.4. The number of urea groups is 1. The Kier molecular flexibility index (Phi) is 4.39. The fourth-order valence-electron chi connectivity index (χ4n) is 2.91. The number of benzene rings is 1. The molecule has 0 aliphatic rings. The number of H-pyrrole nitrogens is 1. The molecule has 4 aromatic rings. The van der Waals surface area contributed by atoms with E-state index < -0.39 is 0 Å². The SMILES string of the molecule is CCNC(=O)Nc1nc(-c2ccccc2C)c2nc(-c3nn[nH]n3)n(C)c2n1. The lowest BCUT2D eigenvalue weighted by atomic mass is 10.1. The van der Waals surface area contributed by atoms with E-state index in [0.29, 0.717) is 35.1 Å². The lowest BCUT2D eigenvalue weighted by Gasteiger charge is -2.09. The van der Waals surface area contributed by atoms with Crippen LogP contribution in [-0.4, -0.2) is 52.7 Å². The van der Waals surface area contributed by atoms with Crippen LogP contribution in [0.5, 0.6) is 0 Å². The summed E-state index contributed by atoms with van der Waals surface area (Å²) in [6, 6.07) is 7.45. The van der Waals surface area contributed by atoms with Crippen molar-refractivity contribution >= 4 is 23.1 Å². The normalized spacial score (nSPS) is 11.0. The third kappa shape index (κ3) is 3.02. The lowest BCUT2D eigenvalue weighted by Crippen LogP contribution is -2.29. The summed E-state index contributed by atoms with van der Waals surface area (Å²) < 4.78 is 1.74. The van der Waals surface area contributed by atoms with E-state index in [1.807, 2.05) is 38.1 Å². The van der Waals surface area contributed by atoms with Crippen molar-refractivity contribution in [2.45, 2.75) is 13.8 Å². The minimum absolute atomic E-state index is 0.180. The molecule has 0 saturated heterocycles. The predicted molar refractivity (Wildman–Crippen MR) is 102 cm³/mol. The number of anilines is 1. The second kappa shape index (κ2) is 7.02. The van der Waals surface area contributed by atoms with Gasteiger partial charge in [-0.05, 0) is 24.6 Å². The molecule has 0 radical (unpaired) electrons. The molecule has 3 N–H and O–H groups in total. The second-order valence-electron chi connectivity index (χ2n) is 6.10. The number of amides is 2. The van der Waals surface area contributed by atoms with Crippen LogP contribution in [-0.2, 0) is 7.05 Å². The highest BCUT2D eigenvalue weighted by Gasteiger charge is 2.21. The summed E-state index contributed by atoms with van der Waals surface area (Å²) in [7, 11) is 1.80. The molecule has 0 aliphatic heterocycles. The standard InChI is InChI=1S/C17H18N10O/c1-4-18-17(28)22-16-20-11(10-8-6-5-7-9(10)2)12-14(21-16)27(3)15(19-12)13-23-25-26-24-13/h5-8H,4H2,1-3H3,(H,23,24,25,26)(H2,18,20,21,22,28). The smallest absolute Gasteiger partial charge is 0.321 e. The summed E-state index contributed by atoms with van der Waals surface area (Å²) in [5.41, 5.74) is 3.66. The topological polar surface area (TPSA) is 139 Å². The number of aryl methyl sites for hydroxylation is 2. The highest BCUT2D eigenvalue weighted by molar-refractivity contribution is 5.94. The summed E-state index contributed by atoms with van der Waals surface area (Å²) in [6.45, 7) is 4.32. The third-order valence-electron chi connectivity index (χ3n) is 4.23. The van der Waals surface area contributed by atoms with Gasteiger partial charge in [0.15, 0.2) is 11.5 Å². The molecule has 3 aromatic heterocycles. The molecular weight excluding hydrogens is 360 g/mol. The Morgan fingerprint density at radius 2 is 2.04 bits per heavy atom. The molecule has 0 unspecified atom stereocenters. The van der Waals surface area contributed by atoms with E-state index in [1.165, 1.54) is 0 Å². The second-order valence-corrected chi connectivity index (χ2v) is 6.10. The van der Waals surface area contributed by atoms with Crippen LogP contribution < -0.4 is 10.6 Å². The van der Waals surface area contributed by atoms with Gasteiger partial charge in [0.05, 0.1) is 0 Å². The van der Waals surface area contributed by atoms with E-state index in [2.05, 4.69) is 46.2 Å². The van der Waals surface area contributed by atoms with Crippen LogP contribution in [0.3, 0.4) is 0 Å². The maximum atomic E-state index is 12.0. The Labute approximate surface area is 159 Å². The Hall–Kier alpha value is -3.89. The zero-order valence-corrected chi connectivity index (χ0v) is 15.6. The molecule has 28 heavy (non-hydrogen) atoms. The summed E-state index contributed by atoms with van der Waals surface area (Å²) in [5.74, 6) is 1.01. The van der Waals surface area contributed by atoms with Crippen molar-refractivity contribution in [3.8, 4) is 22.9 Å². The Morgan fingerprint density at radius 3 is 2.75 bits per heavy atom. The molecule has 142 valence electrons. The molecule has 11 nitrogen and oxygen atoms in total. The van der Waals surface area contributed by atoms with Gasteiger partial charge in [-0.15, -0.1) is 10.2 Å². The largest absolute Gasteiger partial charge is 0.338 e. The number of tetrazole rings is 1. The number of fused-ring (bicyclic) bond motifs is 1. The first kappa shape index (κ1) is 17.5. The van der Waals surface area contributed by atoms with Crippen molar-refractivity contribution in [3.63, 3.8) is 0 Å². The van der Waals surface area contributed by atoms with E-state index in [-0.39, 0.29) is 12.0 Å². The fraction of sp³-hybridized carbons (Fsp3) is 0.235. The van der Waals surface area contributed by atoms with Gasteiger partial charge in [-0.1, -0.05) is 24.3 Å². The molecule has 2 amide bonds. The van der Waals surface area contributed by atoms with E-state index in [1.54, 1.807) is 11.6 Å². The number of hydrogen-bond acceptors (Lipinski definition) is 7. The third-order valence-corrected chi connectivity index (χ3v) is 4.23. The van der Waals surface area contributed by atoms with Gasteiger partial charge in [-0.2, -0.15) is 10.2 Å². The minimum atomic E-state index is -0.377. The van der Waals surface area contributed by atoms with Gasteiger partial charge in [0, 0.05) is 19.2 Å². The molecule has 0 atom stereocenters. The molecule has 11 heteroatoms. The number of aromatic nitrogens is 8. The number of carbonyl (C=O) groups is 1. The van der Waals surface area contributed by atoms with Crippen LogP contribution in [0.15, 0.2) is 24.3 Å². The first-order valence-electron chi connectivity index (χ1n) is 8.67. The van der Waals surface area contributed by atoms with E-state index >= 15 is 0 Å². The molecule has 0 aliphatic carbocycles. The maximum absolute atomic E-state index is 12.0. The van der Waals surface area contributed by atoms with Crippen molar-refractivity contribution in [3.05, 3.63) is 29.8 Å². The van der Waals surface area contributed by atoms with E-state index in [9.17, 15) is 4.79 Å². The molecule has 3 heterocycles. The van der Waals surface area contributed by atoms with Crippen molar-refractivity contribution in [2.75, 3.05) is 11.9 Å². The van der Waals surface area contributed by atoms with Crippen LogP contribution in [0.1, 0.15) is 12.5 Å². The average molecular weight is 378 g/mol. The lowest BCUT2D eigenvalue weighted by molar-refractivity contribution is 0.252. The van der Waals surface area contributed by atoms with Crippen molar-refractivity contribution in [1.82, 2.24) is 45.5 Å². The monoisotopic (exact) mass is 378 g/mol. The van der Waals surface area contributed by atoms with Crippen LogP contribution in [0.4, 0.5) is 10.7 Å². The van der Waals surface area contributed by atoms with Crippen molar-refractivity contribution in [1.29, 1.82) is 0 Å². The van der Waals surface area contributed by atoms with Crippen LogP contribution in [0.25, 0.3) is 34.1 Å². The Balaban J connectivity index is 1.95. The maximum Gasteiger partial charge on any atom is 0.321 e. The summed E-state index contributed by atoms with van der Waals surface area (Å²) in [6.07, 6.45) is 0. The zero-order valence-electron chi connectivity index (χ0n) is 15.6. The zero-order chi connectivity index (χ0) is 19.7. The average Bonchev–Trinajstić information content (AvgIpc) is 3.31. The van der Waals surface area contributed by atoms with Gasteiger partial charge in [0.1, 0.15) is 11.2 Å². The Morgan fingerprint density at radius 1 is 1.21 bits per heavy atom. The quantitative estimate of drug-likeness (QED) is 0.491. The van der Waals surface area contributed by atoms with Gasteiger partial charge < -0.3 is 9.88 Å². The van der Waals surface area contributed by atoms with Crippen molar-refractivity contribution < 1.29 is 4.79 Å². The number of carbonyl (C=O) groups excluding carboxylic acids is 1. The van der Waals surface area contributed by atoms with Gasteiger partial charge >= 0.3 is 6.03 Å². The molecule has 0 spiro atoms. The predicted octanol–water partition coefficient (Wildman–Crippen LogP) is 1.66. The highest BCUT2D eigenvalue weighted by atomic mass is 16.2. The molecule has 4 rings (SSSR count).